The minimum Gasteiger partial charge on any atom is -0.383 e. The standard InChI is InChI=1S/C18H20ClN5O3/c1-26-8-6-24-13-5-4-12(19)9-11(13)10-14(24)17(25)21-18-20-16(22-23-18)15-3-2-7-27-15/h4-5,9-10,15H,2-3,6-8H2,1H3,(H2,20,21,22,23,25)/t15-/m0/s1. The predicted octanol–water partition coefficient (Wildman–Crippen LogP) is 3.16. The third kappa shape index (κ3) is 3.69. The van der Waals surface area contributed by atoms with Crippen molar-refractivity contribution in [1.82, 2.24) is 19.7 Å². The molecule has 0 aliphatic carbocycles. The van der Waals surface area contributed by atoms with Crippen molar-refractivity contribution in [3.8, 4) is 0 Å². The molecule has 0 bridgehead atoms. The van der Waals surface area contributed by atoms with Crippen molar-refractivity contribution in [2.45, 2.75) is 25.5 Å². The van der Waals surface area contributed by atoms with Crippen molar-refractivity contribution in [2.75, 3.05) is 25.6 Å². The van der Waals surface area contributed by atoms with E-state index in [4.69, 9.17) is 21.1 Å². The number of nitrogens with zero attached hydrogens (tertiary/aromatic N) is 3. The Hall–Kier alpha value is -2.42. The minimum absolute atomic E-state index is 0.0848. The Morgan fingerprint density at radius 3 is 3.15 bits per heavy atom. The molecule has 2 aromatic heterocycles. The third-order valence-electron chi connectivity index (χ3n) is 4.58. The lowest BCUT2D eigenvalue weighted by Gasteiger charge is -2.09. The molecule has 4 rings (SSSR count). The molecule has 0 saturated carbocycles. The second-order valence-corrected chi connectivity index (χ2v) is 6.81. The van der Waals surface area contributed by atoms with Crippen LogP contribution in [0.15, 0.2) is 24.3 Å². The molecular weight excluding hydrogens is 370 g/mol. The van der Waals surface area contributed by atoms with Gasteiger partial charge in [-0.1, -0.05) is 11.6 Å². The van der Waals surface area contributed by atoms with Gasteiger partial charge in [0.25, 0.3) is 5.91 Å². The lowest BCUT2D eigenvalue weighted by Crippen LogP contribution is -2.19. The molecule has 1 aromatic carbocycles. The molecule has 0 radical (unpaired) electrons. The summed E-state index contributed by atoms with van der Waals surface area (Å²) in [5.41, 5.74) is 1.41. The van der Waals surface area contributed by atoms with Crippen molar-refractivity contribution in [1.29, 1.82) is 0 Å². The molecule has 0 spiro atoms. The number of hydrogen-bond donors (Lipinski definition) is 2. The van der Waals surface area contributed by atoms with Gasteiger partial charge in [-0.25, -0.2) is 0 Å². The van der Waals surface area contributed by atoms with E-state index in [9.17, 15) is 4.79 Å². The van der Waals surface area contributed by atoms with Crippen molar-refractivity contribution in [3.63, 3.8) is 0 Å². The van der Waals surface area contributed by atoms with E-state index in [0.717, 1.165) is 30.4 Å². The van der Waals surface area contributed by atoms with Gasteiger partial charge in [-0.15, -0.1) is 5.10 Å². The zero-order valence-corrected chi connectivity index (χ0v) is 15.6. The van der Waals surface area contributed by atoms with Crippen LogP contribution in [0.3, 0.4) is 0 Å². The molecule has 1 amide bonds. The maximum Gasteiger partial charge on any atom is 0.274 e. The number of fused-ring (bicyclic) bond motifs is 1. The van der Waals surface area contributed by atoms with E-state index in [0.29, 0.717) is 29.7 Å². The number of amides is 1. The average molecular weight is 390 g/mol. The Bertz CT molecular complexity index is 961. The van der Waals surface area contributed by atoms with Gasteiger partial charge in [0.05, 0.1) is 6.61 Å². The van der Waals surface area contributed by atoms with Gasteiger partial charge in [-0.3, -0.25) is 15.2 Å². The number of aromatic amines is 1. The topological polar surface area (TPSA) is 94.1 Å². The Morgan fingerprint density at radius 2 is 2.37 bits per heavy atom. The maximum atomic E-state index is 12.9. The van der Waals surface area contributed by atoms with E-state index in [1.165, 1.54) is 0 Å². The van der Waals surface area contributed by atoms with Gasteiger partial charge in [0.1, 0.15) is 11.8 Å². The number of anilines is 1. The number of nitrogens with one attached hydrogen (secondary N) is 2. The van der Waals surface area contributed by atoms with Crippen LogP contribution in [0, 0.1) is 0 Å². The summed E-state index contributed by atoms with van der Waals surface area (Å²) in [6, 6.07) is 7.34. The third-order valence-corrected chi connectivity index (χ3v) is 4.81. The van der Waals surface area contributed by atoms with Gasteiger partial charge in [-0.05, 0) is 37.1 Å². The zero-order chi connectivity index (χ0) is 18.8. The monoisotopic (exact) mass is 389 g/mol. The first-order valence-electron chi connectivity index (χ1n) is 8.78. The number of halogens is 1. The molecule has 2 N–H and O–H groups in total. The molecular formula is C18H20ClN5O3. The van der Waals surface area contributed by atoms with Crippen LogP contribution in [-0.4, -0.2) is 46.0 Å². The Labute approximate surface area is 160 Å². The summed E-state index contributed by atoms with van der Waals surface area (Å²) >= 11 is 6.09. The van der Waals surface area contributed by atoms with Crippen LogP contribution >= 0.6 is 11.6 Å². The number of benzene rings is 1. The molecule has 3 heterocycles. The van der Waals surface area contributed by atoms with Crippen LogP contribution in [0.1, 0.15) is 35.3 Å². The lowest BCUT2D eigenvalue weighted by atomic mass is 10.2. The maximum absolute atomic E-state index is 12.9. The van der Waals surface area contributed by atoms with Crippen LogP contribution < -0.4 is 5.32 Å². The number of rotatable bonds is 6. The number of ether oxygens (including phenoxy) is 2. The smallest absolute Gasteiger partial charge is 0.274 e. The van der Waals surface area contributed by atoms with Crippen LogP contribution in [-0.2, 0) is 16.0 Å². The summed E-state index contributed by atoms with van der Waals surface area (Å²) in [6.07, 6.45) is 1.81. The summed E-state index contributed by atoms with van der Waals surface area (Å²) in [7, 11) is 1.63. The Kier molecular flexibility index (Phi) is 5.11. The van der Waals surface area contributed by atoms with Crippen molar-refractivity contribution in [2.24, 2.45) is 0 Å². The Balaban J connectivity index is 1.59. The normalized spacial score (nSPS) is 16.9. The minimum atomic E-state index is -0.295. The van der Waals surface area contributed by atoms with E-state index in [2.05, 4.69) is 20.5 Å². The number of carbonyl (C=O) groups excluding carboxylic acids is 1. The van der Waals surface area contributed by atoms with Crippen LogP contribution in [0.2, 0.25) is 5.02 Å². The fourth-order valence-corrected chi connectivity index (χ4v) is 3.47. The molecule has 8 nitrogen and oxygen atoms in total. The summed E-state index contributed by atoms with van der Waals surface area (Å²) in [4.78, 5) is 17.2. The highest BCUT2D eigenvalue weighted by Crippen LogP contribution is 2.27. The predicted molar refractivity (Wildman–Crippen MR) is 101 cm³/mol. The number of H-pyrrole nitrogens is 1. The number of hydrogen-bond acceptors (Lipinski definition) is 5. The Morgan fingerprint density at radius 1 is 1.48 bits per heavy atom. The second-order valence-electron chi connectivity index (χ2n) is 6.38. The molecule has 0 unspecified atom stereocenters. The molecule has 3 aromatic rings. The van der Waals surface area contributed by atoms with Gasteiger partial charge < -0.3 is 14.0 Å². The first-order chi connectivity index (χ1) is 13.2. The molecule has 1 atom stereocenters. The quantitative estimate of drug-likeness (QED) is 0.675. The first kappa shape index (κ1) is 18.0. The van der Waals surface area contributed by atoms with Gasteiger partial charge >= 0.3 is 0 Å². The SMILES string of the molecule is COCCn1c(C(=O)Nc2n[nH]c([C@@H]3CCCO3)n2)cc2cc(Cl)ccc21. The van der Waals surface area contributed by atoms with Gasteiger partial charge in [-0.2, -0.15) is 4.98 Å². The summed E-state index contributed by atoms with van der Waals surface area (Å²) < 4.78 is 12.7. The van der Waals surface area contributed by atoms with E-state index < -0.39 is 0 Å². The molecule has 142 valence electrons. The van der Waals surface area contributed by atoms with Gasteiger partial charge in [0.15, 0.2) is 5.82 Å². The largest absolute Gasteiger partial charge is 0.383 e. The molecule has 1 aliphatic rings. The van der Waals surface area contributed by atoms with E-state index in [1.807, 2.05) is 16.7 Å². The first-order valence-corrected chi connectivity index (χ1v) is 9.16. The van der Waals surface area contributed by atoms with Crippen LogP contribution in [0.25, 0.3) is 10.9 Å². The average Bonchev–Trinajstić information content (AvgIpc) is 3.39. The number of methoxy groups -OCH3 is 1. The lowest BCUT2D eigenvalue weighted by molar-refractivity contribution is 0.101. The van der Waals surface area contributed by atoms with Crippen LogP contribution in [0.5, 0.6) is 0 Å². The van der Waals surface area contributed by atoms with Gasteiger partial charge in [0, 0.05) is 36.2 Å². The molecule has 9 heteroatoms. The zero-order valence-electron chi connectivity index (χ0n) is 14.9. The second kappa shape index (κ2) is 7.67. The van der Waals surface area contributed by atoms with Crippen molar-refractivity contribution < 1.29 is 14.3 Å². The molecule has 27 heavy (non-hydrogen) atoms. The summed E-state index contributed by atoms with van der Waals surface area (Å²) in [5.74, 6) is 0.568. The fourth-order valence-electron chi connectivity index (χ4n) is 3.29. The van der Waals surface area contributed by atoms with E-state index in [-0.39, 0.29) is 18.0 Å². The highest BCUT2D eigenvalue weighted by Gasteiger charge is 2.23. The molecule has 1 fully saturated rings. The highest BCUT2D eigenvalue weighted by atomic mass is 35.5. The summed E-state index contributed by atoms with van der Waals surface area (Å²) in [6.45, 7) is 1.74. The van der Waals surface area contributed by atoms with Gasteiger partial charge in [0.2, 0.25) is 5.95 Å². The van der Waals surface area contributed by atoms with Crippen molar-refractivity contribution >= 4 is 34.4 Å². The number of aromatic nitrogens is 4. The fraction of sp³-hybridized carbons (Fsp3) is 0.389. The number of carbonyl (C=O) groups is 1. The molecule has 1 saturated heterocycles. The van der Waals surface area contributed by atoms with Crippen molar-refractivity contribution in [3.05, 3.63) is 40.8 Å². The van der Waals surface area contributed by atoms with E-state index in [1.54, 1.807) is 19.2 Å². The molecule has 1 aliphatic heterocycles. The summed E-state index contributed by atoms with van der Waals surface area (Å²) in [5, 5.41) is 11.2. The highest BCUT2D eigenvalue weighted by molar-refractivity contribution is 6.31. The van der Waals surface area contributed by atoms with Crippen LogP contribution in [0.4, 0.5) is 5.95 Å². The van der Waals surface area contributed by atoms with E-state index >= 15 is 0 Å².